The highest BCUT2D eigenvalue weighted by Crippen LogP contribution is 2.14. The van der Waals surface area contributed by atoms with Crippen LogP contribution in [0.15, 0.2) is 34.2 Å². The summed E-state index contributed by atoms with van der Waals surface area (Å²) in [6.07, 6.45) is 0.297. The fourth-order valence-electron chi connectivity index (χ4n) is 1.55. The molecule has 0 radical (unpaired) electrons. The molecule has 7 nitrogen and oxygen atoms in total. The quantitative estimate of drug-likeness (QED) is 0.805. The summed E-state index contributed by atoms with van der Waals surface area (Å²) < 4.78 is 1.39. The van der Waals surface area contributed by atoms with Crippen molar-refractivity contribution in [2.24, 2.45) is 7.05 Å². The SMILES string of the molecule is Cn1c(SCCC(=O)Nc2ccc(C#N)cc2)n[nH]c1=O. The maximum Gasteiger partial charge on any atom is 0.343 e. The summed E-state index contributed by atoms with van der Waals surface area (Å²) in [5.74, 6) is 0.382. The third-order valence-electron chi connectivity index (χ3n) is 2.70. The van der Waals surface area contributed by atoms with Gasteiger partial charge in [-0.1, -0.05) is 11.8 Å². The number of carbonyl (C=O) groups excluding carboxylic acids is 1. The fourth-order valence-corrected chi connectivity index (χ4v) is 2.40. The summed E-state index contributed by atoms with van der Waals surface area (Å²) in [4.78, 5) is 22.9. The van der Waals surface area contributed by atoms with Crippen molar-refractivity contribution >= 4 is 23.4 Å². The normalized spacial score (nSPS) is 10.1. The third-order valence-corrected chi connectivity index (χ3v) is 3.73. The Kier molecular flexibility index (Phi) is 4.79. The van der Waals surface area contributed by atoms with Gasteiger partial charge < -0.3 is 5.32 Å². The lowest BCUT2D eigenvalue weighted by Gasteiger charge is -2.04. The van der Waals surface area contributed by atoms with Gasteiger partial charge in [0.1, 0.15) is 0 Å². The predicted molar refractivity (Wildman–Crippen MR) is 79.0 cm³/mol. The van der Waals surface area contributed by atoms with Gasteiger partial charge in [-0.15, -0.1) is 5.10 Å². The van der Waals surface area contributed by atoms with Crippen molar-refractivity contribution in [2.45, 2.75) is 11.6 Å². The molecule has 2 N–H and O–H groups in total. The van der Waals surface area contributed by atoms with Crippen molar-refractivity contribution in [1.82, 2.24) is 14.8 Å². The second-order valence-corrected chi connectivity index (χ2v) is 5.27. The van der Waals surface area contributed by atoms with E-state index in [4.69, 9.17) is 5.26 Å². The average Bonchev–Trinajstić information content (AvgIpc) is 2.80. The van der Waals surface area contributed by atoms with Gasteiger partial charge in [-0.05, 0) is 24.3 Å². The zero-order valence-electron chi connectivity index (χ0n) is 11.3. The Bertz CT molecular complexity index is 726. The zero-order chi connectivity index (χ0) is 15.2. The smallest absolute Gasteiger partial charge is 0.326 e. The molecule has 0 fully saturated rings. The number of amides is 1. The van der Waals surface area contributed by atoms with Crippen LogP contribution < -0.4 is 11.0 Å². The van der Waals surface area contributed by atoms with Gasteiger partial charge in [0.15, 0.2) is 5.16 Å². The van der Waals surface area contributed by atoms with Crippen molar-refractivity contribution in [3.05, 3.63) is 40.3 Å². The van der Waals surface area contributed by atoms with E-state index >= 15 is 0 Å². The molecule has 1 aromatic heterocycles. The number of aromatic amines is 1. The Morgan fingerprint density at radius 2 is 2.19 bits per heavy atom. The number of nitriles is 1. The first-order valence-corrected chi connectivity index (χ1v) is 7.13. The maximum absolute atomic E-state index is 11.8. The molecular formula is C13H13N5O2S. The summed E-state index contributed by atoms with van der Waals surface area (Å²) in [6.45, 7) is 0. The molecule has 0 aliphatic rings. The molecule has 0 aliphatic carbocycles. The Morgan fingerprint density at radius 1 is 1.48 bits per heavy atom. The molecule has 0 aliphatic heterocycles. The number of anilines is 1. The van der Waals surface area contributed by atoms with Gasteiger partial charge >= 0.3 is 5.69 Å². The lowest BCUT2D eigenvalue weighted by atomic mass is 10.2. The summed E-state index contributed by atoms with van der Waals surface area (Å²) >= 11 is 1.33. The van der Waals surface area contributed by atoms with Crippen LogP contribution in [-0.2, 0) is 11.8 Å². The number of rotatable bonds is 5. The number of H-pyrrole nitrogens is 1. The minimum absolute atomic E-state index is 0.132. The number of thioether (sulfide) groups is 1. The first-order chi connectivity index (χ1) is 10.1. The van der Waals surface area contributed by atoms with Gasteiger partial charge in [0.25, 0.3) is 0 Å². The van der Waals surface area contributed by atoms with Gasteiger partial charge in [-0.2, -0.15) is 5.26 Å². The Labute approximate surface area is 125 Å². The van der Waals surface area contributed by atoms with Crippen molar-refractivity contribution in [3.8, 4) is 6.07 Å². The van der Waals surface area contributed by atoms with Crippen molar-refractivity contribution in [2.75, 3.05) is 11.1 Å². The molecule has 0 saturated heterocycles. The second kappa shape index (κ2) is 6.76. The Balaban J connectivity index is 1.81. The molecule has 0 unspecified atom stereocenters. The van der Waals surface area contributed by atoms with E-state index in [0.29, 0.717) is 28.6 Å². The van der Waals surface area contributed by atoms with Gasteiger partial charge in [0, 0.05) is 24.9 Å². The monoisotopic (exact) mass is 303 g/mol. The molecular weight excluding hydrogens is 290 g/mol. The molecule has 2 aromatic rings. The largest absolute Gasteiger partial charge is 0.343 e. The molecule has 0 spiro atoms. The van der Waals surface area contributed by atoms with Gasteiger partial charge in [0.05, 0.1) is 11.6 Å². The van der Waals surface area contributed by atoms with E-state index in [0.717, 1.165) is 0 Å². The van der Waals surface area contributed by atoms with Crippen LogP contribution in [0.4, 0.5) is 5.69 Å². The van der Waals surface area contributed by atoms with Crippen LogP contribution in [0.25, 0.3) is 0 Å². The molecule has 21 heavy (non-hydrogen) atoms. The minimum atomic E-state index is -0.278. The Morgan fingerprint density at radius 3 is 2.76 bits per heavy atom. The van der Waals surface area contributed by atoms with Crippen LogP contribution in [0.3, 0.4) is 0 Å². The van der Waals surface area contributed by atoms with Crippen LogP contribution in [0.1, 0.15) is 12.0 Å². The van der Waals surface area contributed by atoms with E-state index < -0.39 is 0 Å². The standard InChI is InChI=1S/C13H13N5O2S/c1-18-12(20)16-17-13(18)21-7-6-11(19)15-10-4-2-9(8-14)3-5-10/h2-5H,6-7H2,1H3,(H,15,19)(H,16,20). The van der Waals surface area contributed by atoms with Gasteiger partial charge in [-0.25, -0.2) is 9.89 Å². The molecule has 1 heterocycles. The highest BCUT2D eigenvalue weighted by Gasteiger charge is 2.07. The summed E-state index contributed by atoms with van der Waals surface area (Å²) in [5, 5.41) is 18.2. The van der Waals surface area contributed by atoms with E-state index in [1.165, 1.54) is 16.3 Å². The Hall–Kier alpha value is -2.53. The predicted octanol–water partition coefficient (Wildman–Crippen LogP) is 1.10. The molecule has 1 amide bonds. The van der Waals surface area contributed by atoms with Crippen LogP contribution in [0.5, 0.6) is 0 Å². The van der Waals surface area contributed by atoms with Gasteiger partial charge in [0.2, 0.25) is 5.91 Å². The second-order valence-electron chi connectivity index (χ2n) is 4.21. The minimum Gasteiger partial charge on any atom is -0.326 e. The van der Waals surface area contributed by atoms with E-state index in [-0.39, 0.29) is 11.6 Å². The fraction of sp³-hybridized carbons (Fsp3) is 0.231. The first kappa shape index (κ1) is 14.9. The number of hydrogen-bond acceptors (Lipinski definition) is 5. The van der Waals surface area contributed by atoms with Crippen molar-refractivity contribution in [1.29, 1.82) is 5.26 Å². The summed E-state index contributed by atoms with van der Waals surface area (Å²) in [6, 6.07) is 8.66. The number of nitrogens with one attached hydrogen (secondary N) is 2. The topological polar surface area (TPSA) is 104 Å². The van der Waals surface area contributed by atoms with Crippen LogP contribution in [-0.4, -0.2) is 26.4 Å². The van der Waals surface area contributed by atoms with E-state index in [2.05, 4.69) is 15.5 Å². The number of carbonyl (C=O) groups is 1. The number of benzene rings is 1. The lowest BCUT2D eigenvalue weighted by Crippen LogP contribution is -2.14. The van der Waals surface area contributed by atoms with E-state index in [1.807, 2.05) is 6.07 Å². The first-order valence-electron chi connectivity index (χ1n) is 6.14. The van der Waals surface area contributed by atoms with Crippen LogP contribution in [0, 0.1) is 11.3 Å². The zero-order valence-corrected chi connectivity index (χ0v) is 12.1. The number of nitrogens with zero attached hydrogens (tertiary/aromatic N) is 3. The van der Waals surface area contributed by atoms with E-state index in [1.54, 1.807) is 31.3 Å². The molecule has 1 aromatic carbocycles. The molecule has 8 heteroatoms. The maximum atomic E-state index is 11.8. The number of aromatic nitrogens is 3. The highest BCUT2D eigenvalue weighted by atomic mass is 32.2. The van der Waals surface area contributed by atoms with Crippen molar-refractivity contribution in [3.63, 3.8) is 0 Å². The third kappa shape index (κ3) is 3.97. The summed E-state index contributed by atoms with van der Waals surface area (Å²) in [7, 11) is 1.62. The van der Waals surface area contributed by atoms with Gasteiger partial charge in [-0.3, -0.25) is 9.36 Å². The molecule has 2 rings (SSSR count). The average molecular weight is 303 g/mol. The lowest BCUT2D eigenvalue weighted by molar-refractivity contribution is -0.115. The summed E-state index contributed by atoms with van der Waals surface area (Å²) in [5.41, 5.74) is 0.915. The van der Waals surface area contributed by atoms with Crippen LogP contribution >= 0.6 is 11.8 Å². The molecule has 108 valence electrons. The molecule has 0 saturated carbocycles. The number of hydrogen-bond donors (Lipinski definition) is 2. The molecule has 0 atom stereocenters. The van der Waals surface area contributed by atoms with E-state index in [9.17, 15) is 9.59 Å². The van der Waals surface area contributed by atoms with Crippen molar-refractivity contribution < 1.29 is 4.79 Å². The highest BCUT2D eigenvalue weighted by molar-refractivity contribution is 7.99. The molecule has 0 bridgehead atoms. The van der Waals surface area contributed by atoms with Crippen LogP contribution in [0.2, 0.25) is 0 Å².